The monoisotopic (exact) mass is 244 g/mol. The molecule has 1 heterocycles. The van der Waals surface area contributed by atoms with Crippen LogP contribution in [0, 0.1) is 0 Å². The molecule has 96 valence electrons. The molecule has 0 fully saturated rings. The molecule has 0 bridgehead atoms. The number of hydrogen-bond donors (Lipinski definition) is 1. The highest BCUT2D eigenvalue weighted by Gasteiger charge is 2.01. The third kappa shape index (κ3) is 2.99. The van der Waals surface area contributed by atoms with Gasteiger partial charge in [-0.25, -0.2) is 0 Å². The van der Waals surface area contributed by atoms with Gasteiger partial charge in [-0.15, -0.1) is 0 Å². The molecule has 3 heteroatoms. The summed E-state index contributed by atoms with van der Waals surface area (Å²) >= 11 is 0. The smallest absolute Gasteiger partial charge is 0.251 e. The maximum absolute atomic E-state index is 11.9. The minimum absolute atomic E-state index is 0.0750. The number of rotatable bonds is 6. The molecule has 0 aliphatic rings. The van der Waals surface area contributed by atoms with Crippen molar-refractivity contribution in [3.05, 3.63) is 46.8 Å². The van der Waals surface area contributed by atoms with E-state index in [0.29, 0.717) is 0 Å². The molecule has 0 atom stereocenters. The SMILES string of the molecule is CCCCNCCn1c(=O)ccc2ccccc21. The van der Waals surface area contributed by atoms with E-state index >= 15 is 0 Å². The van der Waals surface area contributed by atoms with E-state index in [0.717, 1.165) is 30.5 Å². The molecule has 0 radical (unpaired) electrons. The Balaban J connectivity index is 2.12. The van der Waals surface area contributed by atoms with Crippen molar-refractivity contribution in [2.24, 2.45) is 0 Å². The van der Waals surface area contributed by atoms with Crippen molar-refractivity contribution in [3.8, 4) is 0 Å². The number of nitrogens with one attached hydrogen (secondary N) is 1. The molecule has 3 nitrogen and oxygen atoms in total. The molecular weight excluding hydrogens is 224 g/mol. The first-order valence-electron chi connectivity index (χ1n) is 6.62. The number of pyridine rings is 1. The van der Waals surface area contributed by atoms with Crippen LogP contribution in [0.4, 0.5) is 0 Å². The fraction of sp³-hybridized carbons (Fsp3) is 0.400. The van der Waals surface area contributed by atoms with Crippen LogP contribution in [0.1, 0.15) is 19.8 Å². The summed E-state index contributed by atoms with van der Waals surface area (Å²) in [6, 6.07) is 11.5. The van der Waals surface area contributed by atoms with Gasteiger partial charge in [-0.1, -0.05) is 31.5 Å². The van der Waals surface area contributed by atoms with Crippen molar-refractivity contribution in [3.63, 3.8) is 0 Å². The van der Waals surface area contributed by atoms with Crippen molar-refractivity contribution >= 4 is 10.9 Å². The second-order valence-electron chi connectivity index (χ2n) is 4.49. The van der Waals surface area contributed by atoms with Gasteiger partial charge in [-0.05, 0) is 30.5 Å². The fourth-order valence-electron chi connectivity index (χ4n) is 2.09. The Kier molecular flexibility index (Phi) is 4.53. The molecular formula is C15H20N2O. The summed E-state index contributed by atoms with van der Waals surface area (Å²) in [7, 11) is 0. The predicted octanol–water partition coefficient (Wildman–Crippen LogP) is 2.39. The van der Waals surface area contributed by atoms with Crippen LogP contribution in [0.25, 0.3) is 10.9 Å². The molecule has 0 saturated carbocycles. The van der Waals surface area contributed by atoms with Gasteiger partial charge in [0.25, 0.3) is 5.56 Å². The Hall–Kier alpha value is -1.61. The zero-order valence-corrected chi connectivity index (χ0v) is 10.9. The Morgan fingerprint density at radius 3 is 2.78 bits per heavy atom. The number of unbranched alkanes of at least 4 members (excludes halogenated alkanes) is 1. The van der Waals surface area contributed by atoms with Crippen molar-refractivity contribution in [1.82, 2.24) is 9.88 Å². The highest BCUT2D eigenvalue weighted by molar-refractivity contribution is 5.78. The topological polar surface area (TPSA) is 34.0 Å². The first-order chi connectivity index (χ1) is 8.83. The third-order valence-electron chi connectivity index (χ3n) is 3.12. The van der Waals surface area contributed by atoms with E-state index in [4.69, 9.17) is 0 Å². The molecule has 0 aliphatic carbocycles. The van der Waals surface area contributed by atoms with Crippen LogP contribution in [0.2, 0.25) is 0 Å². The fourth-order valence-corrected chi connectivity index (χ4v) is 2.09. The van der Waals surface area contributed by atoms with E-state index in [1.54, 1.807) is 6.07 Å². The van der Waals surface area contributed by atoms with Crippen LogP contribution in [-0.2, 0) is 6.54 Å². The van der Waals surface area contributed by atoms with Crippen LogP contribution >= 0.6 is 0 Å². The summed E-state index contributed by atoms with van der Waals surface area (Å²) < 4.78 is 1.84. The van der Waals surface area contributed by atoms with Crippen molar-refractivity contribution < 1.29 is 0 Å². The van der Waals surface area contributed by atoms with Crippen LogP contribution in [0.5, 0.6) is 0 Å². The summed E-state index contributed by atoms with van der Waals surface area (Å²) in [4.78, 5) is 11.9. The van der Waals surface area contributed by atoms with Crippen LogP contribution in [0.3, 0.4) is 0 Å². The Bertz CT molecular complexity index is 560. The van der Waals surface area contributed by atoms with E-state index < -0.39 is 0 Å². The lowest BCUT2D eigenvalue weighted by atomic mass is 10.2. The number of hydrogen-bond acceptors (Lipinski definition) is 2. The largest absolute Gasteiger partial charge is 0.315 e. The Morgan fingerprint density at radius 1 is 1.11 bits per heavy atom. The lowest BCUT2D eigenvalue weighted by Gasteiger charge is -2.10. The Morgan fingerprint density at radius 2 is 1.94 bits per heavy atom. The van der Waals surface area contributed by atoms with Gasteiger partial charge in [0.1, 0.15) is 0 Å². The molecule has 0 unspecified atom stereocenters. The van der Waals surface area contributed by atoms with Gasteiger partial charge >= 0.3 is 0 Å². The quantitative estimate of drug-likeness (QED) is 0.792. The number of fused-ring (bicyclic) bond motifs is 1. The van der Waals surface area contributed by atoms with Gasteiger partial charge in [0.2, 0.25) is 0 Å². The summed E-state index contributed by atoms with van der Waals surface area (Å²) in [5.74, 6) is 0. The molecule has 2 aromatic rings. The molecule has 1 aromatic carbocycles. The van der Waals surface area contributed by atoms with Gasteiger partial charge < -0.3 is 9.88 Å². The molecule has 0 aliphatic heterocycles. The number of benzene rings is 1. The van der Waals surface area contributed by atoms with E-state index in [1.807, 2.05) is 34.9 Å². The van der Waals surface area contributed by atoms with Gasteiger partial charge in [0, 0.05) is 19.2 Å². The normalized spacial score (nSPS) is 10.9. The van der Waals surface area contributed by atoms with E-state index in [1.165, 1.54) is 12.8 Å². The third-order valence-corrected chi connectivity index (χ3v) is 3.12. The van der Waals surface area contributed by atoms with Crippen LogP contribution < -0.4 is 10.9 Å². The molecule has 0 spiro atoms. The van der Waals surface area contributed by atoms with E-state index in [-0.39, 0.29) is 5.56 Å². The second kappa shape index (κ2) is 6.36. The zero-order chi connectivity index (χ0) is 12.8. The highest BCUT2D eigenvalue weighted by Crippen LogP contribution is 2.10. The van der Waals surface area contributed by atoms with E-state index in [2.05, 4.69) is 12.2 Å². The molecule has 18 heavy (non-hydrogen) atoms. The average molecular weight is 244 g/mol. The summed E-state index contributed by atoms with van der Waals surface area (Å²) in [6.45, 7) is 4.77. The van der Waals surface area contributed by atoms with E-state index in [9.17, 15) is 4.79 Å². The summed E-state index contributed by atoms with van der Waals surface area (Å²) in [5, 5.41) is 4.48. The Labute approximate surface area is 107 Å². The molecule has 0 amide bonds. The minimum Gasteiger partial charge on any atom is -0.315 e. The van der Waals surface area contributed by atoms with Crippen molar-refractivity contribution in [2.45, 2.75) is 26.3 Å². The number of nitrogens with zero attached hydrogens (tertiary/aromatic N) is 1. The maximum Gasteiger partial charge on any atom is 0.251 e. The predicted molar refractivity (Wildman–Crippen MR) is 76.0 cm³/mol. The number of aromatic nitrogens is 1. The van der Waals surface area contributed by atoms with Gasteiger partial charge in [-0.2, -0.15) is 0 Å². The molecule has 1 aromatic heterocycles. The lowest BCUT2D eigenvalue weighted by molar-refractivity contribution is 0.580. The molecule has 2 rings (SSSR count). The van der Waals surface area contributed by atoms with Crippen molar-refractivity contribution in [2.75, 3.05) is 13.1 Å². The van der Waals surface area contributed by atoms with Gasteiger partial charge in [0.05, 0.1) is 5.52 Å². The van der Waals surface area contributed by atoms with Crippen LogP contribution in [0.15, 0.2) is 41.2 Å². The highest BCUT2D eigenvalue weighted by atomic mass is 16.1. The van der Waals surface area contributed by atoms with Crippen molar-refractivity contribution in [1.29, 1.82) is 0 Å². The lowest BCUT2D eigenvalue weighted by Crippen LogP contribution is -2.27. The maximum atomic E-state index is 11.9. The van der Waals surface area contributed by atoms with Crippen LogP contribution in [-0.4, -0.2) is 17.7 Å². The van der Waals surface area contributed by atoms with Gasteiger partial charge in [-0.3, -0.25) is 4.79 Å². The molecule has 1 N–H and O–H groups in total. The molecule has 0 saturated heterocycles. The standard InChI is InChI=1S/C15H20N2O/c1-2-3-10-16-11-12-17-14-7-5-4-6-13(14)8-9-15(17)18/h4-9,16H,2-3,10-12H2,1H3. The van der Waals surface area contributed by atoms with Gasteiger partial charge in [0.15, 0.2) is 0 Å². The number of para-hydroxylation sites is 1. The first kappa shape index (κ1) is 12.8. The summed E-state index contributed by atoms with van der Waals surface area (Å²) in [5.41, 5.74) is 1.09. The second-order valence-corrected chi connectivity index (χ2v) is 4.49. The average Bonchev–Trinajstić information content (AvgIpc) is 2.41. The minimum atomic E-state index is 0.0750. The summed E-state index contributed by atoms with van der Waals surface area (Å²) in [6.07, 6.45) is 2.38. The first-order valence-corrected chi connectivity index (χ1v) is 6.62. The zero-order valence-electron chi connectivity index (χ0n) is 10.9.